The number of benzene rings is 2. The highest BCUT2D eigenvalue weighted by atomic mass is 35.5. The first-order valence-corrected chi connectivity index (χ1v) is 7.30. The maximum absolute atomic E-state index is 14.0. The Morgan fingerprint density at radius 3 is 2.83 bits per heavy atom. The fraction of sp³-hybridized carbons (Fsp3) is 0.0556. The van der Waals surface area contributed by atoms with Crippen LogP contribution in [0.4, 0.5) is 4.39 Å². The molecule has 2 N–H and O–H groups in total. The zero-order valence-corrected chi connectivity index (χ0v) is 12.8. The van der Waals surface area contributed by atoms with E-state index in [9.17, 15) is 14.3 Å². The molecule has 0 aliphatic rings. The number of hydrogen-bond donors (Lipinski definition) is 2. The molecule has 0 bridgehead atoms. The van der Waals surface area contributed by atoms with Crippen LogP contribution < -0.4 is 5.43 Å². The van der Waals surface area contributed by atoms with Crippen LogP contribution in [0.5, 0.6) is 0 Å². The van der Waals surface area contributed by atoms with Gasteiger partial charge >= 0.3 is 0 Å². The van der Waals surface area contributed by atoms with Gasteiger partial charge in [-0.15, -0.1) is 0 Å². The number of aliphatic hydroxyl groups excluding tert-OH is 1. The zero-order valence-electron chi connectivity index (χ0n) is 12.1. The number of H-pyrrole nitrogens is 1. The van der Waals surface area contributed by atoms with Crippen molar-refractivity contribution in [3.8, 4) is 0 Å². The van der Waals surface area contributed by atoms with Crippen LogP contribution in [-0.4, -0.2) is 10.1 Å². The quantitative estimate of drug-likeness (QED) is 0.698. The summed E-state index contributed by atoms with van der Waals surface area (Å²) >= 11 is 5.79. The van der Waals surface area contributed by atoms with Crippen LogP contribution in [0.2, 0.25) is 5.02 Å². The summed E-state index contributed by atoms with van der Waals surface area (Å²) in [6.45, 7) is 3.38. The molecule has 5 heteroatoms. The fourth-order valence-corrected chi connectivity index (χ4v) is 2.69. The summed E-state index contributed by atoms with van der Waals surface area (Å²) < 4.78 is 14.0. The molecule has 0 amide bonds. The number of fused-ring (bicyclic) bond motifs is 1. The van der Waals surface area contributed by atoms with Crippen molar-refractivity contribution in [3.63, 3.8) is 0 Å². The third-order valence-electron chi connectivity index (χ3n) is 3.68. The molecular formula is C18H13ClFNO2. The number of aromatic nitrogens is 1. The number of hydrogen-bond acceptors (Lipinski definition) is 2. The second-order valence-electron chi connectivity index (χ2n) is 5.25. The predicted octanol–water partition coefficient (Wildman–Crippen LogP) is 4.44. The Bertz CT molecular complexity index is 978. The summed E-state index contributed by atoms with van der Waals surface area (Å²) in [6.07, 6.45) is 1.73. The molecule has 0 saturated heterocycles. The van der Waals surface area contributed by atoms with Crippen LogP contribution in [0.25, 0.3) is 16.7 Å². The molecule has 1 heterocycles. The molecule has 1 aromatic heterocycles. The summed E-state index contributed by atoms with van der Waals surface area (Å²) in [5, 5.41) is 9.94. The fourth-order valence-electron chi connectivity index (χ4n) is 2.49. The topological polar surface area (TPSA) is 53.1 Å². The molecule has 0 aliphatic heterocycles. The van der Waals surface area contributed by atoms with Crippen LogP contribution >= 0.6 is 11.6 Å². The highest BCUT2D eigenvalue weighted by Gasteiger charge is 2.10. The van der Waals surface area contributed by atoms with Crippen molar-refractivity contribution in [3.05, 3.63) is 86.9 Å². The van der Waals surface area contributed by atoms with Gasteiger partial charge in [0, 0.05) is 23.5 Å². The lowest BCUT2D eigenvalue weighted by atomic mass is 10.0. The van der Waals surface area contributed by atoms with E-state index < -0.39 is 5.82 Å². The van der Waals surface area contributed by atoms with E-state index in [1.165, 1.54) is 12.3 Å². The lowest BCUT2D eigenvalue weighted by Crippen LogP contribution is -2.09. The minimum atomic E-state index is -0.458. The van der Waals surface area contributed by atoms with Gasteiger partial charge in [0.15, 0.2) is 5.43 Å². The third-order valence-corrected chi connectivity index (χ3v) is 3.97. The van der Waals surface area contributed by atoms with Gasteiger partial charge < -0.3 is 10.1 Å². The van der Waals surface area contributed by atoms with Crippen molar-refractivity contribution in [2.24, 2.45) is 0 Å². The molecule has 3 rings (SSSR count). The van der Waals surface area contributed by atoms with Gasteiger partial charge in [0.2, 0.25) is 0 Å². The van der Waals surface area contributed by atoms with E-state index in [0.29, 0.717) is 22.9 Å². The Kier molecular flexibility index (Phi) is 3.92. The third kappa shape index (κ3) is 2.85. The average molecular weight is 330 g/mol. The number of nitrogens with one attached hydrogen (secondary N) is 1. The largest absolute Gasteiger partial charge is 0.508 e. The van der Waals surface area contributed by atoms with Crippen LogP contribution in [0.15, 0.2) is 54.0 Å². The lowest BCUT2D eigenvalue weighted by molar-refractivity contribution is 0.513. The Labute approximate surface area is 136 Å². The van der Waals surface area contributed by atoms with Crippen molar-refractivity contribution < 1.29 is 9.50 Å². The second-order valence-corrected chi connectivity index (χ2v) is 5.66. The standard InChI is InChI=1S/C18H13ClFNO2/c1-10(22)14-9-21-16-6-5-11(8-13(16)18(14)23)7-12-3-2-4-15(19)17(12)20/h2-6,8-9,22H,1,7H2,(H,21,23). The van der Waals surface area contributed by atoms with Crippen molar-refractivity contribution in [2.75, 3.05) is 0 Å². The second kappa shape index (κ2) is 5.89. The number of halogens is 2. The molecule has 0 fully saturated rings. The summed E-state index contributed by atoms with van der Waals surface area (Å²) in [4.78, 5) is 15.3. The number of rotatable bonds is 3. The van der Waals surface area contributed by atoms with Crippen molar-refractivity contribution in [2.45, 2.75) is 6.42 Å². The Morgan fingerprint density at radius 1 is 1.30 bits per heavy atom. The monoisotopic (exact) mass is 329 g/mol. The number of aromatic amines is 1. The Balaban J connectivity index is 2.09. The van der Waals surface area contributed by atoms with E-state index in [1.807, 2.05) is 6.07 Å². The summed E-state index contributed by atoms with van der Waals surface area (Å²) in [7, 11) is 0. The van der Waals surface area contributed by atoms with E-state index in [0.717, 1.165) is 5.56 Å². The van der Waals surface area contributed by atoms with Gasteiger partial charge in [-0.2, -0.15) is 0 Å². The van der Waals surface area contributed by atoms with Crippen LogP contribution in [0.1, 0.15) is 16.7 Å². The van der Waals surface area contributed by atoms with Gasteiger partial charge in [-0.05, 0) is 29.3 Å². The molecule has 3 aromatic rings. The molecular weight excluding hydrogens is 317 g/mol. The van der Waals surface area contributed by atoms with Gasteiger partial charge in [0.05, 0.1) is 10.6 Å². The molecule has 0 aliphatic carbocycles. The first-order valence-electron chi connectivity index (χ1n) is 6.93. The Morgan fingerprint density at radius 2 is 2.09 bits per heavy atom. The highest BCUT2D eigenvalue weighted by Crippen LogP contribution is 2.22. The van der Waals surface area contributed by atoms with Crippen LogP contribution in [0, 0.1) is 5.82 Å². The summed E-state index contributed by atoms with van der Waals surface area (Å²) in [6, 6.07) is 10.1. The van der Waals surface area contributed by atoms with Crippen molar-refractivity contribution in [1.29, 1.82) is 0 Å². The van der Waals surface area contributed by atoms with E-state index in [2.05, 4.69) is 11.6 Å². The summed E-state index contributed by atoms with van der Waals surface area (Å²) in [5.74, 6) is -0.750. The van der Waals surface area contributed by atoms with Gasteiger partial charge in [0.1, 0.15) is 11.6 Å². The minimum absolute atomic E-state index is 0.0694. The van der Waals surface area contributed by atoms with Crippen molar-refractivity contribution >= 4 is 28.3 Å². The SMILES string of the molecule is C=C(O)c1c[nH]c2ccc(Cc3cccc(Cl)c3F)cc2c1=O. The number of pyridine rings is 1. The van der Waals surface area contributed by atoms with E-state index in [-0.39, 0.29) is 21.8 Å². The molecule has 0 spiro atoms. The molecule has 0 atom stereocenters. The van der Waals surface area contributed by atoms with E-state index in [4.69, 9.17) is 11.6 Å². The molecule has 0 unspecified atom stereocenters. The molecule has 0 radical (unpaired) electrons. The van der Waals surface area contributed by atoms with E-state index in [1.54, 1.807) is 24.3 Å². The van der Waals surface area contributed by atoms with Gasteiger partial charge in [-0.25, -0.2) is 4.39 Å². The van der Waals surface area contributed by atoms with Gasteiger partial charge in [0.25, 0.3) is 0 Å². The van der Waals surface area contributed by atoms with Crippen molar-refractivity contribution in [1.82, 2.24) is 4.98 Å². The zero-order chi connectivity index (χ0) is 16.6. The van der Waals surface area contributed by atoms with Gasteiger partial charge in [-0.1, -0.05) is 36.4 Å². The predicted molar refractivity (Wildman–Crippen MR) is 90.4 cm³/mol. The first-order chi connectivity index (χ1) is 11.0. The van der Waals surface area contributed by atoms with E-state index >= 15 is 0 Å². The highest BCUT2D eigenvalue weighted by molar-refractivity contribution is 6.30. The smallest absolute Gasteiger partial charge is 0.200 e. The molecule has 0 saturated carbocycles. The average Bonchev–Trinajstić information content (AvgIpc) is 2.52. The molecule has 3 nitrogen and oxygen atoms in total. The molecule has 2 aromatic carbocycles. The van der Waals surface area contributed by atoms with Crippen LogP contribution in [-0.2, 0) is 6.42 Å². The maximum atomic E-state index is 14.0. The normalized spacial score (nSPS) is 10.9. The summed E-state index contributed by atoms with van der Waals surface area (Å²) in [5.41, 5.74) is 1.65. The lowest BCUT2D eigenvalue weighted by Gasteiger charge is -2.07. The van der Waals surface area contributed by atoms with Crippen LogP contribution in [0.3, 0.4) is 0 Å². The Hall–Kier alpha value is -2.59. The maximum Gasteiger partial charge on any atom is 0.200 e. The molecule has 116 valence electrons. The number of aliphatic hydroxyl groups is 1. The molecule has 23 heavy (non-hydrogen) atoms. The first kappa shape index (κ1) is 15.3. The minimum Gasteiger partial charge on any atom is -0.508 e. The van der Waals surface area contributed by atoms with Gasteiger partial charge in [-0.3, -0.25) is 4.79 Å².